The summed E-state index contributed by atoms with van der Waals surface area (Å²) in [6.45, 7) is 5.69. The summed E-state index contributed by atoms with van der Waals surface area (Å²) in [5, 5.41) is 15.9. The molecule has 28 heavy (non-hydrogen) atoms. The Balaban J connectivity index is 1.60. The molecule has 3 rings (SSSR count). The maximum absolute atomic E-state index is 12.0. The summed E-state index contributed by atoms with van der Waals surface area (Å²) in [4.78, 5) is 28.4. The Morgan fingerprint density at radius 3 is 2.54 bits per heavy atom. The Hall–Kier alpha value is -3.26. The fraction of sp³-hybridized carbons (Fsp3) is 0.200. The first-order chi connectivity index (χ1) is 13.3. The van der Waals surface area contributed by atoms with Crippen molar-refractivity contribution < 1.29 is 19.1 Å². The number of pyridine rings is 1. The van der Waals surface area contributed by atoms with Crippen LogP contribution in [0.25, 0.3) is 11.3 Å². The molecule has 2 heterocycles. The van der Waals surface area contributed by atoms with Crippen LogP contribution in [-0.2, 0) is 9.53 Å². The van der Waals surface area contributed by atoms with Gasteiger partial charge >= 0.3 is 5.97 Å². The highest BCUT2D eigenvalue weighted by atomic mass is 32.1. The van der Waals surface area contributed by atoms with Crippen molar-refractivity contribution >= 4 is 28.3 Å². The number of thiazole rings is 1. The van der Waals surface area contributed by atoms with Crippen LogP contribution >= 0.6 is 11.3 Å². The number of aromatic nitrogens is 2. The molecule has 0 aliphatic carbocycles. The number of ether oxygens (including phenoxy) is 1. The molecule has 0 unspecified atom stereocenters. The molecule has 0 atom stereocenters. The van der Waals surface area contributed by atoms with E-state index in [2.05, 4.69) is 29.4 Å². The second kappa shape index (κ2) is 8.18. The second-order valence-corrected chi connectivity index (χ2v) is 7.22. The molecule has 1 aromatic carbocycles. The summed E-state index contributed by atoms with van der Waals surface area (Å²) in [7, 11) is 0. The lowest BCUT2D eigenvalue weighted by Gasteiger charge is -2.07. The average Bonchev–Trinajstić information content (AvgIpc) is 3.11. The van der Waals surface area contributed by atoms with Crippen molar-refractivity contribution in [2.24, 2.45) is 0 Å². The summed E-state index contributed by atoms with van der Waals surface area (Å²) in [6, 6.07) is 6.84. The molecule has 0 aliphatic rings. The van der Waals surface area contributed by atoms with Gasteiger partial charge in [0.25, 0.3) is 5.91 Å². The van der Waals surface area contributed by atoms with E-state index in [9.17, 15) is 14.8 Å². The van der Waals surface area contributed by atoms with Crippen LogP contribution in [-0.4, -0.2) is 23.5 Å². The van der Waals surface area contributed by atoms with Crippen molar-refractivity contribution in [1.29, 1.82) is 0 Å². The number of anilines is 1. The van der Waals surface area contributed by atoms with Crippen molar-refractivity contribution in [3.8, 4) is 11.3 Å². The first-order valence-electron chi connectivity index (χ1n) is 8.53. The quantitative estimate of drug-likeness (QED) is 0.405. The van der Waals surface area contributed by atoms with E-state index in [1.807, 2.05) is 19.2 Å². The van der Waals surface area contributed by atoms with Crippen LogP contribution < -0.4 is 10.0 Å². The highest BCUT2D eigenvalue weighted by molar-refractivity contribution is 7.14. The third kappa shape index (κ3) is 4.52. The molecule has 3 aromatic rings. The molecule has 144 valence electrons. The standard InChI is InChI=1S/C20H19N3O4S/c1-12-8-14(3)16(9-13(12)2)17-11-28-20(21-17)22-18(24)10-27-19(25)15-4-6-23(26)7-5-15/h4-9,11H,10H2,1-3H3,(H,21,22,24). The van der Waals surface area contributed by atoms with E-state index in [1.54, 1.807) is 0 Å². The number of nitrogens with zero attached hydrogens (tertiary/aromatic N) is 2. The number of rotatable bonds is 5. The Kier molecular flexibility index (Phi) is 5.70. The highest BCUT2D eigenvalue weighted by Crippen LogP contribution is 2.29. The zero-order chi connectivity index (χ0) is 20.3. The summed E-state index contributed by atoms with van der Waals surface area (Å²) >= 11 is 1.30. The number of carbonyl (C=O) groups is 2. The lowest BCUT2D eigenvalue weighted by atomic mass is 9.99. The highest BCUT2D eigenvalue weighted by Gasteiger charge is 2.14. The monoisotopic (exact) mass is 397 g/mol. The first kappa shape index (κ1) is 19.5. The fourth-order valence-corrected chi connectivity index (χ4v) is 3.34. The maximum Gasteiger partial charge on any atom is 0.339 e. The van der Waals surface area contributed by atoms with Crippen molar-refractivity contribution in [1.82, 2.24) is 4.98 Å². The summed E-state index contributed by atoms with van der Waals surface area (Å²) in [5.74, 6) is -1.16. The normalized spacial score (nSPS) is 10.5. The number of aryl methyl sites for hydroxylation is 3. The molecule has 0 aliphatic heterocycles. The lowest BCUT2D eigenvalue weighted by molar-refractivity contribution is -0.605. The van der Waals surface area contributed by atoms with Gasteiger partial charge in [-0.1, -0.05) is 6.07 Å². The second-order valence-electron chi connectivity index (χ2n) is 6.36. The van der Waals surface area contributed by atoms with Crippen LogP contribution in [0.1, 0.15) is 27.0 Å². The van der Waals surface area contributed by atoms with Crippen molar-refractivity contribution in [2.75, 3.05) is 11.9 Å². The van der Waals surface area contributed by atoms with Crippen molar-refractivity contribution in [3.05, 3.63) is 69.5 Å². The van der Waals surface area contributed by atoms with Crippen molar-refractivity contribution in [2.45, 2.75) is 20.8 Å². The van der Waals surface area contributed by atoms with Crippen LogP contribution in [0.15, 0.2) is 42.0 Å². The molecule has 0 fully saturated rings. The van der Waals surface area contributed by atoms with Gasteiger partial charge in [0.2, 0.25) is 0 Å². The Morgan fingerprint density at radius 2 is 1.82 bits per heavy atom. The van der Waals surface area contributed by atoms with Gasteiger partial charge in [0.1, 0.15) is 0 Å². The SMILES string of the molecule is Cc1cc(C)c(-c2csc(NC(=O)COC(=O)c3cc[n+]([O-])cc3)n2)cc1C. The van der Waals surface area contributed by atoms with Crippen molar-refractivity contribution in [3.63, 3.8) is 0 Å². The predicted octanol–water partition coefficient (Wildman–Crippen LogP) is 3.16. The number of benzene rings is 1. The number of nitrogens with one attached hydrogen (secondary N) is 1. The lowest BCUT2D eigenvalue weighted by Crippen LogP contribution is -2.25. The number of amides is 1. The van der Waals surface area contributed by atoms with E-state index < -0.39 is 18.5 Å². The van der Waals surface area contributed by atoms with Gasteiger partial charge in [-0.2, -0.15) is 4.73 Å². The molecule has 0 saturated heterocycles. The third-order valence-corrected chi connectivity index (χ3v) is 5.00. The zero-order valence-corrected chi connectivity index (χ0v) is 16.5. The van der Waals surface area contributed by atoms with Crippen LogP contribution in [0.3, 0.4) is 0 Å². The van der Waals surface area contributed by atoms with Gasteiger partial charge < -0.3 is 9.94 Å². The Morgan fingerprint density at radius 1 is 1.14 bits per heavy atom. The van der Waals surface area contributed by atoms with Gasteiger partial charge in [0.05, 0.1) is 11.3 Å². The summed E-state index contributed by atoms with van der Waals surface area (Å²) in [5.41, 5.74) is 5.51. The minimum Gasteiger partial charge on any atom is -0.619 e. The van der Waals surface area contributed by atoms with Gasteiger partial charge in [-0.05, 0) is 43.5 Å². The summed E-state index contributed by atoms with van der Waals surface area (Å²) in [6.07, 6.45) is 2.37. The minimum absolute atomic E-state index is 0.196. The average molecular weight is 397 g/mol. The number of esters is 1. The van der Waals surface area contributed by atoms with Crippen LogP contribution in [0, 0.1) is 26.0 Å². The Labute approximate surface area is 166 Å². The van der Waals surface area contributed by atoms with Crippen LogP contribution in [0.5, 0.6) is 0 Å². The number of carbonyl (C=O) groups excluding carboxylic acids is 2. The molecule has 0 bridgehead atoms. The fourth-order valence-electron chi connectivity index (χ4n) is 2.61. The molecule has 8 heteroatoms. The Bertz CT molecular complexity index is 1030. The molecule has 7 nitrogen and oxygen atoms in total. The molecular formula is C20H19N3O4S. The molecule has 1 amide bonds. The number of hydrogen-bond donors (Lipinski definition) is 1. The molecule has 0 saturated carbocycles. The number of hydrogen-bond acceptors (Lipinski definition) is 6. The van der Waals surface area contributed by atoms with Crippen LogP contribution in [0.4, 0.5) is 5.13 Å². The van der Waals surface area contributed by atoms with E-state index in [-0.39, 0.29) is 5.56 Å². The van der Waals surface area contributed by atoms with E-state index in [1.165, 1.54) is 47.0 Å². The predicted molar refractivity (Wildman–Crippen MR) is 106 cm³/mol. The molecule has 0 spiro atoms. The third-order valence-electron chi connectivity index (χ3n) is 4.24. The largest absolute Gasteiger partial charge is 0.619 e. The van der Waals surface area contributed by atoms with E-state index in [4.69, 9.17) is 4.74 Å². The topological polar surface area (TPSA) is 95.2 Å². The van der Waals surface area contributed by atoms with Gasteiger partial charge in [-0.25, -0.2) is 9.78 Å². The van der Waals surface area contributed by atoms with E-state index in [0.717, 1.165) is 16.8 Å². The molecule has 1 N–H and O–H groups in total. The zero-order valence-electron chi connectivity index (χ0n) is 15.7. The summed E-state index contributed by atoms with van der Waals surface area (Å²) < 4.78 is 5.51. The van der Waals surface area contributed by atoms with Gasteiger partial charge in [-0.3, -0.25) is 10.1 Å². The van der Waals surface area contributed by atoms with E-state index >= 15 is 0 Å². The van der Waals surface area contributed by atoms with E-state index in [0.29, 0.717) is 9.86 Å². The maximum atomic E-state index is 12.0. The molecule has 2 aromatic heterocycles. The van der Waals surface area contributed by atoms with Gasteiger partial charge in [0.15, 0.2) is 24.1 Å². The first-order valence-corrected chi connectivity index (χ1v) is 9.41. The van der Waals surface area contributed by atoms with Gasteiger partial charge in [-0.15, -0.1) is 11.3 Å². The van der Waals surface area contributed by atoms with Gasteiger partial charge in [0, 0.05) is 23.1 Å². The molecular weight excluding hydrogens is 378 g/mol. The minimum atomic E-state index is -0.679. The molecule has 0 radical (unpaired) electrons. The smallest absolute Gasteiger partial charge is 0.339 e. The van der Waals surface area contributed by atoms with Crippen LogP contribution in [0.2, 0.25) is 0 Å².